The van der Waals surface area contributed by atoms with Crippen molar-refractivity contribution in [3.8, 4) is 0 Å². The van der Waals surface area contributed by atoms with Crippen LogP contribution in [0.25, 0.3) is 0 Å². The van der Waals surface area contributed by atoms with Gasteiger partial charge in [0.2, 0.25) is 11.8 Å². The molecule has 86 valence electrons. The number of hydrogen-bond donors (Lipinski definition) is 4. The highest BCUT2D eigenvalue weighted by Crippen LogP contribution is 2.09. The van der Waals surface area contributed by atoms with Crippen molar-refractivity contribution in [3.05, 3.63) is 0 Å². The quantitative estimate of drug-likeness (QED) is 0.433. The van der Waals surface area contributed by atoms with Crippen molar-refractivity contribution >= 4 is 11.8 Å². The lowest BCUT2D eigenvalue weighted by molar-refractivity contribution is -0.128. The van der Waals surface area contributed by atoms with Crippen LogP contribution in [0, 0.1) is 5.92 Å². The topological polar surface area (TPSA) is 104 Å². The zero-order valence-electron chi connectivity index (χ0n) is 8.53. The van der Waals surface area contributed by atoms with Crippen molar-refractivity contribution in [3.63, 3.8) is 0 Å². The molecule has 0 aliphatic carbocycles. The highest BCUT2D eigenvalue weighted by molar-refractivity contribution is 5.82. The molecule has 1 aliphatic rings. The van der Waals surface area contributed by atoms with Gasteiger partial charge >= 0.3 is 0 Å². The number of nitrogens with one attached hydrogen (secondary N) is 2. The van der Waals surface area contributed by atoms with E-state index in [9.17, 15) is 9.59 Å². The van der Waals surface area contributed by atoms with Crippen LogP contribution in [0.15, 0.2) is 0 Å². The van der Waals surface area contributed by atoms with E-state index in [4.69, 9.17) is 10.8 Å². The second-order valence-corrected chi connectivity index (χ2v) is 3.71. The molecular weight excluding hydrogens is 198 g/mol. The zero-order valence-corrected chi connectivity index (χ0v) is 8.53. The van der Waals surface area contributed by atoms with E-state index in [-0.39, 0.29) is 18.4 Å². The molecule has 6 nitrogen and oxygen atoms in total. The maximum atomic E-state index is 11.5. The number of nitrogens with two attached hydrogens (primary N) is 1. The Morgan fingerprint density at radius 2 is 2.33 bits per heavy atom. The van der Waals surface area contributed by atoms with Gasteiger partial charge in [0.25, 0.3) is 0 Å². The van der Waals surface area contributed by atoms with Crippen LogP contribution >= 0.6 is 0 Å². The molecule has 1 saturated heterocycles. The molecule has 1 fully saturated rings. The van der Waals surface area contributed by atoms with Crippen molar-refractivity contribution < 1.29 is 14.7 Å². The lowest BCUT2D eigenvalue weighted by atomic mass is 9.99. The van der Waals surface area contributed by atoms with Gasteiger partial charge in [0.1, 0.15) is 6.10 Å². The molecule has 5 N–H and O–H groups in total. The SMILES string of the molecule is NC(=O)C(O)CNC(=O)C1CCCNC1. The predicted octanol–water partition coefficient (Wildman–Crippen LogP) is -2.05. The van der Waals surface area contributed by atoms with Crippen LogP contribution in [0.3, 0.4) is 0 Å². The van der Waals surface area contributed by atoms with E-state index in [1.807, 2.05) is 0 Å². The van der Waals surface area contributed by atoms with Crippen LogP contribution in [0.2, 0.25) is 0 Å². The van der Waals surface area contributed by atoms with Gasteiger partial charge < -0.3 is 21.5 Å². The van der Waals surface area contributed by atoms with E-state index in [0.29, 0.717) is 6.54 Å². The minimum absolute atomic E-state index is 0.0705. The van der Waals surface area contributed by atoms with Crippen LogP contribution < -0.4 is 16.4 Å². The van der Waals surface area contributed by atoms with Gasteiger partial charge in [-0.3, -0.25) is 9.59 Å². The summed E-state index contributed by atoms with van der Waals surface area (Å²) in [5, 5.41) is 14.7. The zero-order chi connectivity index (χ0) is 11.3. The number of primary amides is 1. The average Bonchev–Trinajstić information content (AvgIpc) is 2.26. The third-order valence-electron chi connectivity index (χ3n) is 2.47. The highest BCUT2D eigenvalue weighted by atomic mass is 16.3. The smallest absolute Gasteiger partial charge is 0.248 e. The summed E-state index contributed by atoms with van der Waals surface area (Å²) >= 11 is 0. The van der Waals surface area contributed by atoms with E-state index in [1.54, 1.807) is 0 Å². The molecule has 0 bridgehead atoms. The second kappa shape index (κ2) is 5.67. The molecule has 0 radical (unpaired) electrons. The fourth-order valence-electron chi connectivity index (χ4n) is 1.52. The molecule has 0 aromatic heterocycles. The summed E-state index contributed by atoms with van der Waals surface area (Å²) in [4.78, 5) is 22.0. The largest absolute Gasteiger partial charge is 0.381 e. The standard InChI is InChI=1S/C9H17N3O3/c10-8(14)7(13)5-12-9(15)6-2-1-3-11-4-6/h6-7,11,13H,1-5H2,(H2,10,14)(H,12,15). The number of amides is 2. The van der Waals surface area contributed by atoms with E-state index < -0.39 is 12.0 Å². The monoisotopic (exact) mass is 215 g/mol. The van der Waals surface area contributed by atoms with Crippen LogP contribution in [-0.4, -0.2) is 42.7 Å². The normalized spacial score (nSPS) is 23.1. The summed E-state index contributed by atoms with van der Waals surface area (Å²) in [7, 11) is 0. The van der Waals surface area contributed by atoms with Crippen molar-refractivity contribution in [2.75, 3.05) is 19.6 Å². The Morgan fingerprint density at radius 3 is 2.87 bits per heavy atom. The minimum Gasteiger partial charge on any atom is -0.381 e. The van der Waals surface area contributed by atoms with Gasteiger partial charge in [0, 0.05) is 6.54 Å². The number of aliphatic hydroxyl groups is 1. The number of carbonyl (C=O) groups is 2. The number of carbonyl (C=O) groups excluding carboxylic acids is 2. The number of aliphatic hydroxyl groups excluding tert-OH is 1. The number of hydrogen-bond acceptors (Lipinski definition) is 4. The van der Waals surface area contributed by atoms with E-state index in [2.05, 4.69) is 10.6 Å². The average molecular weight is 215 g/mol. The molecule has 0 aromatic rings. The Labute approximate surface area is 88.2 Å². The summed E-state index contributed by atoms with van der Waals surface area (Å²) in [6.07, 6.45) is 0.507. The minimum atomic E-state index is -1.30. The lowest BCUT2D eigenvalue weighted by Gasteiger charge is -2.22. The second-order valence-electron chi connectivity index (χ2n) is 3.71. The van der Waals surface area contributed by atoms with Gasteiger partial charge in [0.15, 0.2) is 0 Å². The molecule has 2 amide bonds. The molecule has 15 heavy (non-hydrogen) atoms. The molecule has 1 rings (SSSR count). The molecule has 1 heterocycles. The first-order valence-corrected chi connectivity index (χ1v) is 5.07. The molecule has 2 unspecified atom stereocenters. The van der Waals surface area contributed by atoms with Crippen LogP contribution in [-0.2, 0) is 9.59 Å². The summed E-state index contributed by atoms with van der Waals surface area (Å²) in [6, 6.07) is 0. The fraction of sp³-hybridized carbons (Fsp3) is 0.778. The van der Waals surface area contributed by atoms with Crippen molar-refractivity contribution in [2.45, 2.75) is 18.9 Å². The molecule has 0 spiro atoms. The predicted molar refractivity (Wildman–Crippen MR) is 53.8 cm³/mol. The molecule has 1 aliphatic heterocycles. The number of rotatable bonds is 4. The van der Waals surface area contributed by atoms with Gasteiger partial charge in [-0.25, -0.2) is 0 Å². The van der Waals surface area contributed by atoms with Gasteiger partial charge in [0.05, 0.1) is 12.5 Å². The third kappa shape index (κ3) is 3.85. The highest BCUT2D eigenvalue weighted by Gasteiger charge is 2.21. The summed E-state index contributed by atoms with van der Waals surface area (Å²) in [6.45, 7) is 1.48. The maximum absolute atomic E-state index is 11.5. The maximum Gasteiger partial charge on any atom is 0.248 e. The fourth-order valence-corrected chi connectivity index (χ4v) is 1.52. The first-order chi connectivity index (χ1) is 7.11. The van der Waals surface area contributed by atoms with Crippen molar-refractivity contribution in [1.29, 1.82) is 0 Å². The molecule has 2 atom stereocenters. The van der Waals surface area contributed by atoms with E-state index >= 15 is 0 Å². The van der Waals surface area contributed by atoms with Crippen LogP contribution in [0.4, 0.5) is 0 Å². The van der Waals surface area contributed by atoms with E-state index in [1.165, 1.54) is 0 Å². The Hall–Kier alpha value is -1.14. The lowest BCUT2D eigenvalue weighted by Crippen LogP contribution is -2.45. The third-order valence-corrected chi connectivity index (χ3v) is 2.47. The Bertz CT molecular complexity index is 239. The van der Waals surface area contributed by atoms with Gasteiger partial charge in [-0.2, -0.15) is 0 Å². The number of piperidine rings is 1. The van der Waals surface area contributed by atoms with Crippen molar-refractivity contribution in [2.24, 2.45) is 11.7 Å². The Kier molecular flexibility index (Phi) is 4.51. The summed E-state index contributed by atoms with van der Waals surface area (Å²) in [5.41, 5.74) is 4.85. The van der Waals surface area contributed by atoms with Gasteiger partial charge in [-0.15, -0.1) is 0 Å². The molecular formula is C9H17N3O3. The van der Waals surface area contributed by atoms with Gasteiger partial charge in [-0.05, 0) is 19.4 Å². The molecule has 0 saturated carbocycles. The van der Waals surface area contributed by atoms with Crippen LogP contribution in [0.1, 0.15) is 12.8 Å². The first kappa shape index (κ1) is 11.9. The van der Waals surface area contributed by atoms with E-state index in [0.717, 1.165) is 19.4 Å². The van der Waals surface area contributed by atoms with Gasteiger partial charge in [-0.1, -0.05) is 0 Å². The Balaban J connectivity index is 2.25. The Morgan fingerprint density at radius 1 is 1.60 bits per heavy atom. The summed E-state index contributed by atoms with van der Waals surface area (Å²) in [5.74, 6) is -1.03. The van der Waals surface area contributed by atoms with Crippen LogP contribution in [0.5, 0.6) is 0 Å². The molecule has 0 aromatic carbocycles. The molecule has 6 heteroatoms. The summed E-state index contributed by atoms with van der Waals surface area (Å²) < 4.78 is 0. The van der Waals surface area contributed by atoms with Crippen molar-refractivity contribution in [1.82, 2.24) is 10.6 Å². The first-order valence-electron chi connectivity index (χ1n) is 5.07.